The molecule has 0 saturated heterocycles. The number of hydrogen-bond donors (Lipinski definition) is 1. The van der Waals surface area contributed by atoms with Crippen molar-refractivity contribution < 1.29 is 14.3 Å². The van der Waals surface area contributed by atoms with Gasteiger partial charge in [-0.1, -0.05) is 23.8 Å². The van der Waals surface area contributed by atoms with Gasteiger partial charge in [0.25, 0.3) is 0 Å². The summed E-state index contributed by atoms with van der Waals surface area (Å²) in [5, 5.41) is 9.07. The molecule has 0 atom stereocenters. The summed E-state index contributed by atoms with van der Waals surface area (Å²) in [5.41, 5.74) is 2.81. The molecular formula is C15H13FO2. The van der Waals surface area contributed by atoms with E-state index in [1.165, 1.54) is 12.1 Å². The van der Waals surface area contributed by atoms with Gasteiger partial charge in [-0.3, -0.25) is 0 Å². The Labute approximate surface area is 105 Å². The summed E-state index contributed by atoms with van der Waals surface area (Å²) in [6.07, 6.45) is 0. The number of halogens is 1. The molecule has 0 unspecified atom stereocenters. The predicted molar refractivity (Wildman–Crippen MR) is 68.3 cm³/mol. The van der Waals surface area contributed by atoms with Crippen LogP contribution in [0.25, 0.3) is 11.1 Å². The molecule has 0 spiro atoms. The van der Waals surface area contributed by atoms with Crippen molar-refractivity contribution in [3.8, 4) is 11.1 Å². The summed E-state index contributed by atoms with van der Waals surface area (Å²) in [4.78, 5) is 11.1. The number of carbonyl (C=O) groups is 1. The maximum atomic E-state index is 13.7. The fraction of sp³-hybridized carbons (Fsp3) is 0.133. The predicted octanol–water partition coefficient (Wildman–Crippen LogP) is 3.81. The lowest BCUT2D eigenvalue weighted by molar-refractivity contribution is 0.0696. The number of hydrogen-bond acceptors (Lipinski definition) is 1. The van der Waals surface area contributed by atoms with Crippen LogP contribution < -0.4 is 0 Å². The molecule has 3 heteroatoms. The van der Waals surface area contributed by atoms with E-state index in [4.69, 9.17) is 5.11 Å². The van der Waals surface area contributed by atoms with Crippen LogP contribution in [0.4, 0.5) is 4.39 Å². The molecule has 0 amide bonds. The van der Waals surface area contributed by atoms with Crippen molar-refractivity contribution in [3.05, 3.63) is 58.9 Å². The maximum absolute atomic E-state index is 13.7. The van der Waals surface area contributed by atoms with Crippen LogP contribution in [0, 0.1) is 19.7 Å². The zero-order chi connectivity index (χ0) is 13.3. The van der Waals surface area contributed by atoms with E-state index in [1.54, 1.807) is 31.2 Å². The minimum absolute atomic E-state index is 0.202. The second-order valence-corrected chi connectivity index (χ2v) is 4.32. The number of aromatic carboxylic acids is 1. The normalized spacial score (nSPS) is 10.4. The third-order valence-corrected chi connectivity index (χ3v) is 2.90. The third kappa shape index (κ3) is 2.25. The van der Waals surface area contributed by atoms with Crippen LogP contribution in [0.1, 0.15) is 21.5 Å². The molecular weight excluding hydrogens is 231 g/mol. The molecule has 18 heavy (non-hydrogen) atoms. The van der Waals surface area contributed by atoms with Crippen molar-refractivity contribution in [2.45, 2.75) is 13.8 Å². The van der Waals surface area contributed by atoms with Crippen molar-refractivity contribution in [3.63, 3.8) is 0 Å². The second-order valence-electron chi connectivity index (χ2n) is 4.32. The van der Waals surface area contributed by atoms with E-state index >= 15 is 0 Å². The average Bonchev–Trinajstić information content (AvgIpc) is 2.33. The highest BCUT2D eigenvalue weighted by atomic mass is 19.1. The molecule has 0 radical (unpaired) electrons. The Balaban J connectivity index is 2.61. The first-order valence-corrected chi connectivity index (χ1v) is 5.59. The molecule has 0 aliphatic carbocycles. The van der Waals surface area contributed by atoms with Gasteiger partial charge in [-0.05, 0) is 43.2 Å². The van der Waals surface area contributed by atoms with Gasteiger partial charge in [0.2, 0.25) is 0 Å². The van der Waals surface area contributed by atoms with Crippen molar-refractivity contribution in [1.29, 1.82) is 0 Å². The largest absolute Gasteiger partial charge is 0.478 e. The Kier molecular flexibility index (Phi) is 3.15. The van der Waals surface area contributed by atoms with Crippen LogP contribution in [-0.4, -0.2) is 11.1 Å². The van der Waals surface area contributed by atoms with E-state index in [2.05, 4.69) is 0 Å². The van der Waals surface area contributed by atoms with Crippen LogP contribution in [0.15, 0.2) is 36.4 Å². The molecule has 0 bridgehead atoms. The highest BCUT2D eigenvalue weighted by Crippen LogP contribution is 2.26. The van der Waals surface area contributed by atoms with E-state index in [1.807, 2.05) is 6.92 Å². The molecule has 92 valence electrons. The lowest BCUT2D eigenvalue weighted by Gasteiger charge is -2.08. The first kappa shape index (κ1) is 12.3. The second kappa shape index (κ2) is 4.61. The van der Waals surface area contributed by atoms with E-state index in [-0.39, 0.29) is 11.4 Å². The molecule has 0 heterocycles. The van der Waals surface area contributed by atoms with E-state index in [0.29, 0.717) is 16.7 Å². The highest BCUT2D eigenvalue weighted by Gasteiger charge is 2.11. The average molecular weight is 244 g/mol. The molecule has 2 nitrogen and oxygen atoms in total. The molecule has 0 aromatic heterocycles. The maximum Gasteiger partial charge on any atom is 0.335 e. The zero-order valence-electron chi connectivity index (χ0n) is 10.2. The van der Waals surface area contributed by atoms with Crippen molar-refractivity contribution in [2.75, 3.05) is 0 Å². The van der Waals surface area contributed by atoms with Crippen LogP contribution in [0.3, 0.4) is 0 Å². The summed E-state index contributed by atoms with van der Waals surface area (Å²) in [7, 11) is 0. The summed E-state index contributed by atoms with van der Waals surface area (Å²) in [6, 6.07) is 9.73. The fourth-order valence-electron chi connectivity index (χ4n) is 1.88. The number of aryl methyl sites for hydroxylation is 2. The minimum atomic E-state index is -0.998. The molecule has 0 fully saturated rings. The van der Waals surface area contributed by atoms with Gasteiger partial charge < -0.3 is 5.11 Å². The minimum Gasteiger partial charge on any atom is -0.478 e. The van der Waals surface area contributed by atoms with Crippen molar-refractivity contribution in [1.82, 2.24) is 0 Å². The number of rotatable bonds is 2. The van der Waals surface area contributed by atoms with Crippen molar-refractivity contribution in [2.24, 2.45) is 0 Å². The van der Waals surface area contributed by atoms with Gasteiger partial charge in [0, 0.05) is 5.56 Å². The number of benzene rings is 2. The molecule has 2 aromatic carbocycles. The first-order valence-electron chi connectivity index (χ1n) is 5.59. The van der Waals surface area contributed by atoms with Gasteiger partial charge in [-0.2, -0.15) is 0 Å². The Bertz CT molecular complexity index is 618. The van der Waals surface area contributed by atoms with Gasteiger partial charge in [0.1, 0.15) is 5.82 Å². The standard InChI is InChI=1S/C15H13FO2/c1-9-3-6-14(16)13(7-9)11-5-4-10(2)12(8-11)15(17)18/h3-8H,1-2H3,(H,17,18). The number of carboxylic acid groups (broad SMARTS) is 1. The van der Waals surface area contributed by atoms with Gasteiger partial charge in [0.15, 0.2) is 0 Å². The fourth-order valence-corrected chi connectivity index (χ4v) is 1.88. The molecule has 2 rings (SSSR count). The molecule has 0 aliphatic rings. The Morgan fingerprint density at radius 3 is 2.50 bits per heavy atom. The summed E-state index contributed by atoms with van der Waals surface area (Å²) in [6.45, 7) is 3.59. The van der Waals surface area contributed by atoms with Crippen LogP contribution in [-0.2, 0) is 0 Å². The Morgan fingerprint density at radius 1 is 1.11 bits per heavy atom. The molecule has 0 aliphatic heterocycles. The lowest BCUT2D eigenvalue weighted by Crippen LogP contribution is -2.00. The SMILES string of the molecule is Cc1ccc(F)c(-c2ccc(C)c(C(=O)O)c2)c1. The summed E-state index contributed by atoms with van der Waals surface area (Å²) < 4.78 is 13.7. The van der Waals surface area contributed by atoms with Gasteiger partial charge in [-0.15, -0.1) is 0 Å². The van der Waals surface area contributed by atoms with Crippen molar-refractivity contribution >= 4 is 5.97 Å². The topological polar surface area (TPSA) is 37.3 Å². The Hall–Kier alpha value is -2.16. The van der Waals surface area contributed by atoms with E-state index in [9.17, 15) is 9.18 Å². The number of carboxylic acids is 1. The highest BCUT2D eigenvalue weighted by molar-refractivity contribution is 5.91. The van der Waals surface area contributed by atoms with Crippen LogP contribution in [0.2, 0.25) is 0 Å². The monoisotopic (exact) mass is 244 g/mol. The van der Waals surface area contributed by atoms with Gasteiger partial charge >= 0.3 is 5.97 Å². The smallest absolute Gasteiger partial charge is 0.335 e. The molecule has 2 aromatic rings. The summed E-state index contributed by atoms with van der Waals surface area (Å²) >= 11 is 0. The summed E-state index contributed by atoms with van der Waals surface area (Å²) in [5.74, 6) is -1.34. The van der Waals surface area contributed by atoms with Crippen LogP contribution >= 0.6 is 0 Å². The van der Waals surface area contributed by atoms with Gasteiger partial charge in [0.05, 0.1) is 5.56 Å². The quantitative estimate of drug-likeness (QED) is 0.872. The lowest BCUT2D eigenvalue weighted by atomic mass is 9.98. The molecule has 0 saturated carbocycles. The third-order valence-electron chi connectivity index (χ3n) is 2.90. The zero-order valence-corrected chi connectivity index (χ0v) is 10.2. The van der Waals surface area contributed by atoms with Crippen LogP contribution in [0.5, 0.6) is 0 Å². The first-order chi connectivity index (χ1) is 8.49. The molecule has 1 N–H and O–H groups in total. The van der Waals surface area contributed by atoms with E-state index in [0.717, 1.165) is 5.56 Å². The van der Waals surface area contributed by atoms with E-state index < -0.39 is 5.97 Å². The Morgan fingerprint density at radius 2 is 1.83 bits per heavy atom. The van der Waals surface area contributed by atoms with Gasteiger partial charge in [-0.25, -0.2) is 9.18 Å².